The van der Waals surface area contributed by atoms with Crippen LogP contribution < -0.4 is 5.32 Å². The number of benzene rings is 1. The largest absolute Gasteiger partial charge is 0.393 e. The van der Waals surface area contributed by atoms with Gasteiger partial charge in [0, 0.05) is 6.04 Å². The highest BCUT2D eigenvalue weighted by atomic mass is 16.3. The van der Waals surface area contributed by atoms with E-state index in [2.05, 4.69) is 42.6 Å². The van der Waals surface area contributed by atoms with Gasteiger partial charge >= 0.3 is 0 Å². The van der Waals surface area contributed by atoms with Crippen molar-refractivity contribution in [3.8, 4) is 0 Å². The van der Waals surface area contributed by atoms with Gasteiger partial charge in [-0.25, -0.2) is 0 Å². The molecule has 1 aromatic carbocycles. The van der Waals surface area contributed by atoms with E-state index in [0.717, 1.165) is 25.8 Å². The molecule has 1 aromatic rings. The molecule has 1 aliphatic carbocycles. The quantitative estimate of drug-likeness (QED) is 0.818. The highest BCUT2D eigenvalue weighted by Gasteiger charge is 2.22. The van der Waals surface area contributed by atoms with Crippen molar-refractivity contribution in [2.45, 2.75) is 44.8 Å². The molecule has 94 valence electrons. The maximum absolute atomic E-state index is 9.47. The van der Waals surface area contributed by atoms with Gasteiger partial charge < -0.3 is 10.4 Å². The molecule has 0 aliphatic heterocycles. The van der Waals surface area contributed by atoms with Crippen LogP contribution in [0.5, 0.6) is 0 Å². The highest BCUT2D eigenvalue weighted by Crippen LogP contribution is 2.24. The van der Waals surface area contributed by atoms with Gasteiger partial charge in [0.1, 0.15) is 0 Å². The van der Waals surface area contributed by atoms with E-state index in [1.165, 1.54) is 12.0 Å². The Balaban J connectivity index is 1.69. The smallest absolute Gasteiger partial charge is 0.0543 e. The van der Waals surface area contributed by atoms with Crippen LogP contribution in [0.15, 0.2) is 30.3 Å². The summed E-state index contributed by atoms with van der Waals surface area (Å²) in [5.74, 6) is 0.670. The Labute approximate surface area is 104 Å². The molecule has 2 nitrogen and oxygen atoms in total. The predicted octanol–water partition coefficient (Wildman–Crippen LogP) is 2.37. The average Bonchev–Trinajstić information content (AvgIpc) is 2.74. The zero-order valence-corrected chi connectivity index (χ0v) is 10.6. The van der Waals surface area contributed by atoms with Crippen LogP contribution in [-0.2, 0) is 6.42 Å². The van der Waals surface area contributed by atoms with Gasteiger partial charge in [-0.1, -0.05) is 30.3 Å². The van der Waals surface area contributed by atoms with Crippen LogP contribution >= 0.6 is 0 Å². The molecule has 0 amide bonds. The highest BCUT2D eigenvalue weighted by molar-refractivity contribution is 5.15. The fraction of sp³-hybridized carbons (Fsp3) is 0.600. The molecule has 2 N–H and O–H groups in total. The zero-order chi connectivity index (χ0) is 12.1. The summed E-state index contributed by atoms with van der Waals surface area (Å²) >= 11 is 0. The van der Waals surface area contributed by atoms with Crippen LogP contribution in [-0.4, -0.2) is 23.8 Å². The van der Waals surface area contributed by atoms with E-state index in [1.807, 2.05) is 0 Å². The minimum absolute atomic E-state index is 0.0498. The van der Waals surface area contributed by atoms with Crippen molar-refractivity contribution in [2.75, 3.05) is 6.54 Å². The molecule has 2 heteroatoms. The summed E-state index contributed by atoms with van der Waals surface area (Å²) in [5, 5.41) is 13.1. The van der Waals surface area contributed by atoms with E-state index in [0.29, 0.717) is 12.0 Å². The van der Waals surface area contributed by atoms with Gasteiger partial charge in [0.05, 0.1) is 6.10 Å². The lowest BCUT2D eigenvalue weighted by atomic mass is 10.1. The molecule has 1 saturated carbocycles. The van der Waals surface area contributed by atoms with E-state index in [4.69, 9.17) is 0 Å². The Kier molecular flexibility index (Phi) is 4.57. The number of hydrogen-bond donors (Lipinski definition) is 2. The first-order chi connectivity index (χ1) is 8.24. The van der Waals surface area contributed by atoms with E-state index in [-0.39, 0.29) is 6.10 Å². The van der Waals surface area contributed by atoms with Crippen LogP contribution in [0.4, 0.5) is 0 Å². The molecule has 2 rings (SSSR count). The van der Waals surface area contributed by atoms with E-state index in [1.54, 1.807) is 0 Å². The Morgan fingerprint density at radius 1 is 1.29 bits per heavy atom. The predicted molar refractivity (Wildman–Crippen MR) is 71.0 cm³/mol. The first-order valence-corrected chi connectivity index (χ1v) is 6.69. The Bertz CT molecular complexity index is 325. The molecule has 0 bridgehead atoms. The fourth-order valence-electron chi connectivity index (χ4n) is 2.64. The molecule has 0 aromatic heterocycles. The molecule has 3 unspecified atom stereocenters. The average molecular weight is 233 g/mol. The summed E-state index contributed by atoms with van der Waals surface area (Å²) in [6.45, 7) is 3.28. The normalized spacial score (nSPS) is 26.0. The lowest BCUT2D eigenvalue weighted by molar-refractivity contribution is 0.177. The molecule has 0 heterocycles. The second kappa shape index (κ2) is 6.18. The second-order valence-corrected chi connectivity index (χ2v) is 5.33. The summed E-state index contributed by atoms with van der Waals surface area (Å²) in [7, 11) is 0. The summed E-state index contributed by atoms with van der Waals surface area (Å²) in [6.07, 6.45) is 4.17. The Hall–Kier alpha value is -0.860. The van der Waals surface area contributed by atoms with E-state index in [9.17, 15) is 5.11 Å². The third kappa shape index (κ3) is 4.14. The first-order valence-electron chi connectivity index (χ1n) is 6.69. The van der Waals surface area contributed by atoms with Crippen molar-refractivity contribution >= 4 is 0 Å². The number of aliphatic hydroxyl groups is 1. The van der Waals surface area contributed by atoms with Crippen molar-refractivity contribution in [3.63, 3.8) is 0 Å². The van der Waals surface area contributed by atoms with Gasteiger partial charge in [-0.3, -0.25) is 0 Å². The summed E-state index contributed by atoms with van der Waals surface area (Å²) in [6, 6.07) is 11.1. The molecular weight excluding hydrogens is 210 g/mol. The van der Waals surface area contributed by atoms with Gasteiger partial charge in [0.15, 0.2) is 0 Å². The zero-order valence-electron chi connectivity index (χ0n) is 10.6. The summed E-state index contributed by atoms with van der Waals surface area (Å²) in [5.41, 5.74) is 1.39. The van der Waals surface area contributed by atoms with Crippen molar-refractivity contribution in [1.29, 1.82) is 0 Å². The lowest BCUT2D eigenvalue weighted by Gasteiger charge is -2.17. The van der Waals surface area contributed by atoms with Crippen LogP contribution in [0.25, 0.3) is 0 Å². The second-order valence-electron chi connectivity index (χ2n) is 5.33. The maximum Gasteiger partial charge on any atom is 0.0543 e. The molecule has 1 aliphatic rings. The van der Waals surface area contributed by atoms with E-state index >= 15 is 0 Å². The Morgan fingerprint density at radius 3 is 2.71 bits per heavy atom. The van der Waals surface area contributed by atoms with Crippen LogP contribution in [0.1, 0.15) is 31.7 Å². The standard InChI is InChI=1S/C15H23NO/c1-12(9-13-5-3-2-4-6-13)16-11-14-7-8-15(17)10-14/h2-6,12,14-17H,7-11H2,1H3. The lowest BCUT2D eigenvalue weighted by Crippen LogP contribution is -2.32. The van der Waals surface area contributed by atoms with Crippen molar-refractivity contribution in [2.24, 2.45) is 5.92 Å². The van der Waals surface area contributed by atoms with E-state index < -0.39 is 0 Å². The van der Waals surface area contributed by atoms with Crippen LogP contribution in [0.2, 0.25) is 0 Å². The monoisotopic (exact) mass is 233 g/mol. The SMILES string of the molecule is CC(Cc1ccccc1)NCC1CCC(O)C1. The molecule has 3 atom stereocenters. The topological polar surface area (TPSA) is 32.3 Å². The number of hydrogen-bond acceptors (Lipinski definition) is 2. The minimum atomic E-state index is -0.0498. The number of rotatable bonds is 5. The molecule has 0 saturated heterocycles. The number of nitrogens with one attached hydrogen (secondary N) is 1. The Morgan fingerprint density at radius 2 is 2.06 bits per heavy atom. The van der Waals surface area contributed by atoms with Gasteiger partial charge in [-0.05, 0) is 50.6 Å². The fourth-order valence-corrected chi connectivity index (χ4v) is 2.64. The summed E-state index contributed by atoms with van der Waals surface area (Å²) in [4.78, 5) is 0. The maximum atomic E-state index is 9.47. The van der Waals surface area contributed by atoms with Crippen LogP contribution in [0.3, 0.4) is 0 Å². The third-order valence-electron chi connectivity index (χ3n) is 3.65. The number of aliphatic hydroxyl groups excluding tert-OH is 1. The van der Waals surface area contributed by atoms with Crippen LogP contribution in [0, 0.1) is 5.92 Å². The molecule has 1 fully saturated rings. The molecule has 17 heavy (non-hydrogen) atoms. The van der Waals surface area contributed by atoms with Crippen molar-refractivity contribution < 1.29 is 5.11 Å². The molecule has 0 spiro atoms. The third-order valence-corrected chi connectivity index (χ3v) is 3.65. The van der Waals surface area contributed by atoms with Crippen molar-refractivity contribution in [1.82, 2.24) is 5.32 Å². The van der Waals surface area contributed by atoms with Crippen molar-refractivity contribution in [3.05, 3.63) is 35.9 Å². The first kappa shape index (κ1) is 12.6. The van der Waals surface area contributed by atoms with Gasteiger partial charge in [-0.2, -0.15) is 0 Å². The summed E-state index contributed by atoms with van der Waals surface area (Å²) < 4.78 is 0. The minimum Gasteiger partial charge on any atom is -0.393 e. The van der Waals surface area contributed by atoms with Gasteiger partial charge in [0.25, 0.3) is 0 Å². The van der Waals surface area contributed by atoms with Gasteiger partial charge in [-0.15, -0.1) is 0 Å². The molecular formula is C15H23NO. The van der Waals surface area contributed by atoms with Gasteiger partial charge in [0.2, 0.25) is 0 Å². The molecule has 0 radical (unpaired) electrons.